The summed E-state index contributed by atoms with van der Waals surface area (Å²) in [4.78, 5) is 5.46. The van der Waals surface area contributed by atoms with Gasteiger partial charge in [0.15, 0.2) is 5.96 Å². The van der Waals surface area contributed by atoms with Crippen LogP contribution in [0.2, 0.25) is 0 Å². The van der Waals surface area contributed by atoms with Crippen molar-refractivity contribution in [3.05, 3.63) is 30.8 Å². The zero-order valence-corrected chi connectivity index (χ0v) is 15.4. The quantitative estimate of drug-likeness (QED) is 0.609. The van der Waals surface area contributed by atoms with Crippen molar-refractivity contribution in [2.45, 2.75) is 32.9 Å². The number of aliphatic imine (C=N–C) groups is 1. The molecule has 5 nitrogen and oxygen atoms in total. The highest BCUT2D eigenvalue weighted by atomic mass is 79.9. The van der Waals surface area contributed by atoms with Crippen LogP contribution in [0.25, 0.3) is 0 Å². The van der Waals surface area contributed by atoms with Gasteiger partial charge in [0, 0.05) is 27.7 Å². The molecule has 8 heteroatoms. The van der Waals surface area contributed by atoms with E-state index in [1.54, 1.807) is 29.7 Å². The van der Waals surface area contributed by atoms with Crippen molar-refractivity contribution in [2.24, 2.45) is 4.99 Å². The molecule has 2 aromatic heterocycles. The highest BCUT2D eigenvalue weighted by Gasteiger charge is 2.08. The SMILES string of the molecule is CN=C(NCc1cc(Br)cs1)NCc1nnc(C(C)C)s1. The second-order valence-electron chi connectivity index (χ2n) is 4.70. The summed E-state index contributed by atoms with van der Waals surface area (Å²) in [5, 5.41) is 19.0. The average molecular weight is 388 g/mol. The van der Waals surface area contributed by atoms with Crippen molar-refractivity contribution in [3.8, 4) is 0 Å². The fraction of sp³-hybridized carbons (Fsp3) is 0.462. The average Bonchev–Trinajstić information content (AvgIpc) is 3.08. The lowest BCUT2D eigenvalue weighted by Gasteiger charge is -2.09. The summed E-state index contributed by atoms with van der Waals surface area (Å²) in [5.74, 6) is 1.19. The third-order valence-corrected chi connectivity index (χ3v) is 5.58. The first kappa shape index (κ1) is 16.4. The zero-order chi connectivity index (χ0) is 15.2. The molecule has 0 saturated heterocycles. The number of hydrogen-bond acceptors (Lipinski definition) is 5. The normalized spacial score (nSPS) is 12.0. The van der Waals surface area contributed by atoms with Crippen LogP contribution in [-0.2, 0) is 13.1 Å². The minimum atomic E-state index is 0.422. The summed E-state index contributed by atoms with van der Waals surface area (Å²) in [6.45, 7) is 5.64. The molecule has 0 saturated carbocycles. The molecule has 0 aliphatic rings. The lowest BCUT2D eigenvalue weighted by Crippen LogP contribution is -2.36. The Bertz CT molecular complexity index is 605. The molecule has 2 heterocycles. The molecular weight excluding hydrogens is 370 g/mol. The van der Waals surface area contributed by atoms with E-state index in [2.05, 4.69) is 67.0 Å². The molecule has 0 atom stereocenters. The number of rotatable bonds is 5. The first-order valence-corrected chi connectivity index (χ1v) is 9.07. The van der Waals surface area contributed by atoms with Crippen LogP contribution in [0.1, 0.15) is 34.7 Å². The van der Waals surface area contributed by atoms with Crippen LogP contribution < -0.4 is 10.6 Å². The standard InChI is InChI=1S/C13H18BrN5S2/c1-8(2)12-19-18-11(21-12)6-17-13(15-3)16-5-10-4-9(14)7-20-10/h4,7-8H,5-6H2,1-3H3,(H2,15,16,17). The molecule has 2 aromatic rings. The maximum absolute atomic E-state index is 4.21. The van der Waals surface area contributed by atoms with Gasteiger partial charge in [-0.3, -0.25) is 4.99 Å². The fourth-order valence-electron chi connectivity index (χ4n) is 1.57. The van der Waals surface area contributed by atoms with Gasteiger partial charge in [-0.1, -0.05) is 25.2 Å². The van der Waals surface area contributed by atoms with Crippen LogP contribution in [0.3, 0.4) is 0 Å². The van der Waals surface area contributed by atoms with Crippen molar-refractivity contribution in [1.29, 1.82) is 0 Å². The summed E-state index contributed by atoms with van der Waals surface area (Å²) in [6, 6.07) is 2.10. The first-order chi connectivity index (χ1) is 10.1. The minimum Gasteiger partial charge on any atom is -0.352 e. The molecule has 0 bridgehead atoms. The van der Waals surface area contributed by atoms with Gasteiger partial charge in [0.05, 0.1) is 13.1 Å². The van der Waals surface area contributed by atoms with Crippen molar-refractivity contribution in [2.75, 3.05) is 7.05 Å². The van der Waals surface area contributed by atoms with Crippen LogP contribution in [0.5, 0.6) is 0 Å². The molecule has 0 spiro atoms. The van der Waals surface area contributed by atoms with E-state index >= 15 is 0 Å². The van der Waals surface area contributed by atoms with E-state index in [1.807, 2.05) is 0 Å². The number of nitrogens with one attached hydrogen (secondary N) is 2. The van der Waals surface area contributed by atoms with E-state index in [0.29, 0.717) is 12.5 Å². The molecular formula is C13H18BrN5S2. The zero-order valence-electron chi connectivity index (χ0n) is 12.2. The van der Waals surface area contributed by atoms with Gasteiger partial charge in [-0.15, -0.1) is 21.5 Å². The molecule has 2 rings (SSSR count). The Morgan fingerprint density at radius 1 is 1.33 bits per heavy atom. The second kappa shape index (κ2) is 7.86. The van der Waals surface area contributed by atoms with E-state index in [9.17, 15) is 0 Å². The Morgan fingerprint density at radius 3 is 2.67 bits per heavy atom. The smallest absolute Gasteiger partial charge is 0.191 e. The van der Waals surface area contributed by atoms with E-state index in [4.69, 9.17) is 0 Å². The number of guanidine groups is 1. The van der Waals surface area contributed by atoms with Crippen LogP contribution in [-0.4, -0.2) is 23.2 Å². The first-order valence-electron chi connectivity index (χ1n) is 6.58. The van der Waals surface area contributed by atoms with Gasteiger partial charge in [-0.2, -0.15) is 0 Å². The van der Waals surface area contributed by atoms with E-state index in [0.717, 1.165) is 27.0 Å². The number of hydrogen-bond donors (Lipinski definition) is 2. The van der Waals surface area contributed by atoms with Gasteiger partial charge in [-0.25, -0.2) is 0 Å². The Hall–Kier alpha value is -0.990. The van der Waals surface area contributed by atoms with Gasteiger partial charge in [0.1, 0.15) is 10.0 Å². The summed E-state index contributed by atoms with van der Waals surface area (Å²) < 4.78 is 1.11. The summed E-state index contributed by atoms with van der Waals surface area (Å²) >= 11 is 6.80. The Morgan fingerprint density at radius 2 is 2.10 bits per heavy atom. The summed E-state index contributed by atoms with van der Waals surface area (Å²) in [5.41, 5.74) is 0. The Balaban J connectivity index is 1.82. The maximum atomic E-state index is 4.21. The molecule has 0 amide bonds. The molecule has 0 radical (unpaired) electrons. The van der Waals surface area contributed by atoms with E-state index < -0.39 is 0 Å². The van der Waals surface area contributed by atoms with Crippen LogP contribution >= 0.6 is 38.6 Å². The van der Waals surface area contributed by atoms with Crippen molar-refractivity contribution in [1.82, 2.24) is 20.8 Å². The largest absolute Gasteiger partial charge is 0.352 e. The number of aromatic nitrogens is 2. The highest BCUT2D eigenvalue weighted by molar-refractivity contribution is 9.10. The maximum Gasteiger partial charge on any atom is 0.191 e. The predicted molar refractivity (Wildman–Crippen MR) is 93.1 cm³/mol. The number of halogens is 1. The third-order valence-electron chi connectivity index (χ3n) is 2.66. The number of thiophene rings is 1. The Kier molecular flexibility index (Phi) is 6.13. The highest BCUT2D eigenvalue weighted by Crippen LogP contribution is 2.20. The monoisotopic (exact) mass is 387 g/mol. The van der Waals surface area contributed by atoms with Crippen molar-refractivity contribution in [3.63, 3.8) is 0 Å². The molecule has 2 N–H and O–H groups in total. The summed E-state index contributed by atoms with van der Waals surface area (Å²) in [6.07, 6.45) is 0. The van der Waals surface area contributed by atoms with E-state index in [1.165, 1.54) is 4.88 Å². The molecule has 0 unspecified atom stereocenters. The van der Waals surface area contributed by atoms with Crippen molar-refractivity contribution < 1.29 is 0 Å². The topological polar surface area (TPSA) is 62.2 Å². The molecule has 0 aliphatic heterocycles. The summed E-state index contributed by atoms with van der Waals surface area (Å²) in [7, 11) is 1.76. The van der Waals surface area contributed by atoms with Crippen LogP contribution in [0.15, 0.2) is 20.9 Å². The molecule has 0 aromatic carbocycles. The third kappa shape index (κ3) is 5.05. The molecule has 0 aliphatic carbocycles. The van der Waals surface area contributed by atoms with Gasteiger partial charge in [-0.05, 0) is 22.0 Å². The van der Waals surface area contributed by atoms with E-state index in [-0.39, 0.29) is 0 Å². The van der Waals surface area contributed by atoms with Gasteiger partial charge < -0.3 is 10.6 Å². The minimum absolute atomic E-state index is 0.422. The van der Waals surface area contributed by atoms with Crippen LogP contribution in [0, 0.1) is 0 Å². The van der Waals surface area contributed by atoms with Crippen molar-refractivity contribution >= 4 is 44.6 Å². The number of nitrogens with zero attached hydrogens (tertiary/aromatic N) is 3. The second-order valence-corrected chi connectivity index (χ2v) is 7.70. The van der Waals surface area contributed by atoms with Gasteiger partial charge in [0.25, 0.3) is 0 Å². The van der Waals surface area contributed by atoms with Crippen LogP contribution in [0.4, 0.5) is 0 Å². The lowest BCUT2D eigenvalue weighted by molar-refractivity contribution is 0.786. The van der Waals surface area contributed by atoms with Gasteiger partial charge >= 0.3 is 0 Å². The lowest BCUT2D eigenvalue weighted by atomic mass is 10.2. The molecule has 0 fully saturated rings. The Labute approximate surface area is 141 Å². The van der Waals surface area contributed by atoms with Gasteiger partial charge in [0.2, 0.25) is 0 Å². The fourth-order valence-corrected chi connectivity index (χ4v) is 3.74. The molecule has 21 heavy (non-hydrogen) atoms. The molecule has 114 valence electrons. The predicted octanol–water partition coefficient (Wildman–Crippen LogP) is 3.35.